The molecule has 1 amide bonds. The fourth-order valence-corrected chi connectivity index (χ4v) is 2.92. The van der Waals surface area contributed by atoms with Crippen LogP contribution in [0.1, 0.15) is 16.1 Å². The van der Waals surface area contributed by atoms with Crippen LogP contribution < -0.4 is 5.56 Å². The molecule has 0 atom stereocenters. The zero-order valence-electron chi connectivity index (χ0n) is 12.4. The number of hydrogen-bond acceptors (Lipinski definition) is 4. The SMILES string of the molecule is O=C1c2c(O)c3ncccc3c(=O)n2CN1Cc1ccc(F)cc1. The largest absolute Gasteiger partial charge is 0.504 e. The number of carbonyl (C=O) groups excluding carboxylic acids is 1. The van der Waals surface area contributed by atoms with E-state index < -0.39 is 5.91 Å². The second-order valence-corrected chi connectivity index (χ2v) is 5.60. The van der Waals surface area contributed by atoms with E-state index in [2.05, 4.69) is 4.98 Å². The average Bonchev–Trinajstić information content (AvgIpc) is 2.92. The maximum absolute atomic E-state index is 13.0. The molecule has 0 radical (unpaired) electrons. The number of halogens is 1. The van der Waals surface area contributed by atoms with Crippen LogP contribution >= 0.6 is 0 Å². The van der Waals surface area contributed by atoms with Crippen molar-refractivity contribution < 1.29 is 14.3 Å². The molecule has 3 heterocycles. The van der Waals surface area contributed by atoms with Crippen LogP contribution in [0.2, 0.25) is 0 Å². The molecule has 120 valence electrons. The van der Waals surface area contributed by atoms with Crippen molar-refractivity contribution in [3.8, 4) is 5.75 Å². The highest BCUT2D eigenvalue weighted by atomic mass is 19.1. The van der Waals surface area contributed by atoms with Gasteiger partial charge in [0.25, 0.3) is 11.5 Å². The van der Waals surface area contributed by atoms with Gasteiger partial charge in [0.15, 0.2) is 11.4 Å². The van der Waals surface area contributed by atoms with Crippen LogP contribution in [0.5, 0.6) is 5.75 Å². The third kappa shape index (κ3) is 2.05. The Labute approximate surface area is 135 Å². The second kappa shape index (κ2) is 5.16. The molecule has 4 rings (SSSR count). The minimum atomic E-state index is -0.457. The Morgan fingerprint density at radius 3 is 2.67 bits per heavy atom. The van der Waals surface area contributed by atoms with E-state index in [-0.39, 0.29) is 46.9 Å². The van der Waals surface area contributed by atoms with Gasteiger partial charge in [0.1, 0.15) is 18.0 Å². The van der Waals surface area contributed by atoms with Crippen molar-refractivity contribution in [1.29, 1.82) is 0 Å². The fraction of sp³-hybridized carbons (Fsp3) is 0.118. The number of amides is 1. The molecule has 3 aromatic rings. The first-order chi connectivity index (χ1) is 11.6. The Kier molecular flexibility index (Phi) is 3.09. The number of hydrogen-bond donors (Lipinski definition) is 1. The Morgan fingerprint density at radius 1 is 1.17 bits per heavy atom. The monoisotopic (exact) mass is 325 g/mol. The molecule has 0 spiro atoms. The summed E-state index contributed by atoms with van der Waals surface area (Å²) in [6.07, 6.45) is 1.45. The van der Waals surface area contributed by atoms with Crippen LogP contribution in [0.3, 0.4) is 0 Å². The molecule has 0 fully saturated rings. The number of aromatic hydroxyl groups is 1. The summed E-state index contributed by atoms with van der Waals surface area (Å²) < 4.78 is 14.2. The third-order valence-electron chi connectivity index (χ3n) is 4.09. The lowest BCUT2D eigenvalue weighted by Gasteiger charge is -2.14. The van der Waals surface area contributed by atoms with Gasteiger partial charge in [-0.1, -0.05) is 12.1 Å². The molecule has 1 N–H and O–H groups in total. The molecule has 1 aliphatic heterocycles. The lowest BCUT2D eigenvalue weighted by atomic mass is 10.2. The number of rotatable bonds is 2. The van der Waals surface area contributed by atoms with Gasteiger partial charge in [0.2, 0.25) is 0 Å². The lowest BCUT2D eigenvalue weighted by Crippen LogP contribution is -2.25. The summed E-state index contributed by atoms with van der Waals surface area (Å²) in [5.41, 5.74) is 0.410. The van der Waals surface area contributed by atoms with Gasteiger partial charge in [-0.3, -0.25) is 19.1 Å². The van der Waals surface area contributed by atoms with Crippen LogP contribution in [0.4, 0.5) is 4.39 Å². The summed E-state index contributed by atoms with van der Waals surface area (Å²) >= 11 is 0. The lowest BCUT2D eigenvalue weighted by molar-refractivity contribution is 0.0755. The van der Waals surface area contributed by atoms with Crippen molar-refractivity contribution in [2.45, 2.75) is 13.2 Å². The predicted octanol–water partition coefficient (Wildman–Crippen LogP) is 1.85. The van der Waals surface area contributed by atoms with Crippen molar-refractivity contribution >= 4 is 16.8 Å². The van der Waals surface area contributed by atoms with E-state index in [1.165, 1.54) is 27.8 Å². The van der Waals surface area contributed by atoms with Crippen molar-refractivity contribution in [3.05, 3.63) is 70.0 Å². The number of carbonyl (C=O) groups is 1. The molecular weight excluding hydrogens is 313 g/mol. The van der Waals surface area contributed by atoms with Crippen molar-refractivity contribution in [2.24, 2.45) is 0 Å². The van der Waals surface area contributed by atoms with Gasteiger partial charge in [-0.2, -0.15) is 0 Å². The third-order valence-corrected chi connectivity index (χ3v) is 4.09. The molecule has 7 heteroatoms. The molecule has 6 nitrogen and oxygen atoms in total. The first-order valence-electron chi connectivity index (χ1n) is 7.30. The van der Waals surface area contributed by atoms with Crippen LogP contribution in [0.25, 0.3) is 10.9 Å². The van der Waals surface area contributed by atoms with E-state index >= 15 is 0 Å². The van der Waals surface area contributed by atoms with Gasteiger partial charge in [-0.05, 0) is 29.8 Å². The Morgan fingerprint density at radius 2 is 1.92 bits per heavy atom. The summed E-state index contributed by atoms with van der Waals surface area (Å²) in [7, 11) is 0. The molecule has 0 aliphatic carbocycles. The number of pyridine rings is 2. The summed E-state index contributed by atoms with van der Waals surface area (Å²) in [5.74, 6) is -1.11. The van der Waals surface area contributed by atoms with E-state index in [0.717, 1.165) is 5.56 Å². The fourth-order valence-electron chi connectivity index (χ4n) is 2.92. The summed E-state index contributed by atoms with van der Waals surface area (Å²) in [5, 5.41) is 10.6. The van der Waals surface area contributed by atoms with Crippen molar-refractivity contribution in [3.63, 3.8) is 0 Å². The first kappa shape index (κ1) is 14.4. The van der Waals surface area contributed by atoms with Gasteiger partial charge >= 0.3 is 0 Å². The predicted molar refractivity (Wildman–Crippen MR) is 83.9 cm³/mol. The smallest absolute Gasteiger partial charge is 0.276 e. The highest BCUT2D eigenvalue weighted by molar-refractivity contribution is 6.01. The van der Waals surface area contributed by atoms with Gasteiger partial charge in [-0.15, -0.1) is 0 Å². The Hall–Kier alpha value is -3.22. The average molecular weight is 325 g/mol. The number of nitrogens with zero attached hydrogens (tertiary/aromatic N) is 3. The maximum atomic E-state index is 13.0. The van der Waals surface area contributed by atoms with Crippen LogP contribution in [-0.2, 0) is 13.2 Å². The number of benzene rings is 1. The summed E-state index contributed by atoms with van der Waals surface area (Å²) in [4.78, 5) is 30.5. The van der Waals surface area contributed by atoms with E-state index in [1.807, 2.05) is 0 Å². The first-order valence-corrected chi connectivity index (χ1v) is 7.30. The minimum absolute atomic E-state index is 0.0305. The zero-order chi connectivity index (χ0) is 16.8. The van der Waals surface area contributed by atoms with Gasteiger partial charge < -0.3 is 10.0 Å². The molecule has 0 saturated heterocycles. The maximum Gasteiger partial charge on any atom is 0.276 e. The van der Waals surface area contributed by atoms with Gasteiger partial charge in [0, 0.05) is 12.7 Å². The van der Waals surface area contributed by atoms with E-state index in [9.17, 15) is 19.1 Å². The normalized spacial score (nSPS) is 13.5. The van der Waals surface area contributed by atoms with Crippen LogP contribution in [0.15, 0.2) is 47.4 Å². The van der Waals surface area contributed by atoms with Crippen molar-refractivity contribution in [1.82, 2.24) is 14.5 Å². The standard InChI is InChI=1S/C17H12FN3O3/c18-11-5-3-10(4-6-11)8-20-9-21-14(17(20)24)15(22)13-12(16(21)23)2-1-7-19-13/h1-7,22H,8-9H2. The van der Waals surface area contributed by atoms with E-state index in [4.69, 9.17) is 0 Å². The Balaban J connectivity index is 1.78. The molecule has 1 aliphatic rings. The molecule has 0 bridgehead atoms. The highest BCUT2D eigenvalue weighted by Crippen LogP contribution is 2.29. The quantitative estimate of drug-likeness (QED) is 0.780. The molecule has 0 saturated carbocycles. The van der Waals surface area contributed by atoms with Crippen LogP contribution in [-0.4, -0.2) is 25.5 Å². The van der Waals surface area contributed by atoms with Gasteiger partial charge in [0.05, 0.1) is 5.39 Å². The summed E-state index contributed by atoms with van der Waals surface area (Å²) in [6.45, 7) is 0.242. The second-order valence-electron chi connectivity index (χ2n) is 5.60. The summed E-state index contributed by atoms with van der Waals surface area (Å²) in [6, 6.07) is 8.93. The van der Waals surface area contributed by atoms with Crippen LogP contribution in [0, 0.1) is 5.82 Å². The molecular formula is C17H12FN3O3. The molecule has 24 heavy (non-hydrogen) atoms. The minimum Gasteiger partial charge on any atom is -0.504 e. The zero-order valence-corrected chi connectivity index (χ0v) is 12.4. The van der Waals surface area contributed by atoms with Crippen molar-refractivity contribution in [2.75, 3.05) is 0 Å². The Bertz CT molecular complexity index is 1030. The molecule has 1 aromatic carbocycles. The van der Waals surface area contributed by atoms with Gasteiger partial charge in [-0.25, -0.2) is 4.39 Å². The molecule has 2 aromatic heterocycles. The molecule has 0 unspecified atom stereocenters. The van der Waals surface area contributed by atoms with E-state index in [0.29, 0.717) is 0 Å². The highest BCUT2D eigenvalue weighted by Gasteiger charge is 2.33. The van der Waals surface area contributed by atoms with E-state index in [1.54, 1.807) is 24.3 Å². The topological polar surface area (TPSA) is 75.4 Å². The number of aromatic nitrogens is 2. The number of fused-ring (bicyclic) bond motifs is 2.